The number of rotatable bonds is 6. The van der Waals surface area contributed by atoms with Gasteiger partial charge >= 0.3 is 0 Å². The summed E-state index contributed by atoms with van der Waals surface area (Å²) in [7, 11) is 0. The average Bonchev–Trinajstić information content (AvgIpc) is 3.06. The zero-order valence-corrected chi connectivity index (χ0v) is 15.4. The van der Waals surface area contributed by atoms with E-state index >= 15 is 0 Å². The van der Waals surface area contributed by atoms with Crippen LogP contribution >= 0.6 is 22.9 Å². The molecule has 0 unspecified atom stereocenters. The van der Waals surface area contributed by atoms with Crippen LogP contribution in [-0.2, 0) is 4.79 Å². The number of carbonyl (C=O) groups is 1. The summed E-state index contributed by atoms with van der Waals surface area (Å²) in [6.45, 7) is 4.15. The molecule has 0 bridgehead atoms. The quantitative estimate of drug-likeness (QED) is 0.674. The Morgan fingerprint density at radius 3 is 2.84 bits per heavy atom. The normalized spacial score (nSPS) is 12.3. The van der Waals surface area contributed by atoms with Crippen LogP contribution in [-0.4, -0.2) is 26.9 Å². The molecule has 0 aliphatic heterocycles. The van der Waals surface area contributed by atoms with Crippen LogP contribution in [0.4, 0.5) is 10.9 Å². The number of nitrogens with zero attached hydrogens (tertiary/aromatic N) is 3. The molecule has 0 spiro atoms. The second kappa shape index (κ2) is 7.76. The van der Waals surface area contributed by atoms with E-state index in [2.05, 4.69) is 39.4 Å². The van der Waals surface area contributed by atoms with E-state index in [1.807, 2.05) is 11.4 Å². The number of aromatic nitrogens is 3. The zero-order chi connectivity index (χ0) is 17.8. The Morgan fingerprint density at radius 2 is 2.12 bits per heavy atom. The Hall–Kier alpha value is -2.25. The van der Waals surface area contributed by atoms with Gasteiger partial charge in [0, 0.05) is 22.0 Å². The third-order valence-corrected chi connectivity index (χ3v) is 4.52. The Kier molecular flexibility index (Phi) is 5.45. The molecule has 0 saturated carbocycles. The molecule has 6 nitrogen and oxygen atoms in total. The summed E-state index contributed by atoms with van der Waals surface area (Å²) in [5, 5.41) is 9.94. The first kappa shape index (κ1) is 17.6. The van der Waals surface area contributed by atoms with E-state index < -0.39 is 6.04 Å². The topological polar surface area (TPSA) is 79.8 Å². The lowest BCUT2D eigenvalue weighted by Gasteiger charge is -2.20. The van der Waals surface area contributed by atoms with Crippen molar-refractivity contribution in [3.8, 4) is 0 Å². The van der Waals surface area contributed by atoms with Gasteiger partial charge in [-0.15, -0.1) is 11.3 Å². The first-order chi connectivity index (χ1) is 12.0. The molecule has 1 aromatic carbocycles. The van der Waals surface area contributed by atoms with Crippen LogP contribution in [0, 0.1) is 5.92 Å². The molecule has 130 valence electrons. The van der Waals surface area contributed by atoms with Gasteiger partial charge in [0.05, 0.1) is 5.52 Å². The van der Waals surface area contributed by atoms with Crippen LogP contribution in [0.2, 0.25) is 5.02 Å². The lowest BCUT2D eigenvalue weighted by molar-refractivity contribution is -0.117. The lowest BCUT2D eigenvalue weighted by Crippen LogP contribution is -2.36. The number of carbonyl (C=O) groups excluding carboxylic acids is 1. The van der Waals surface area contributed by atoms with Crippen LogP contribution in [0.5, 0.6) is 0 Å². The largest absolute Gasteiger partial charge is 0.358 e. The number of halogens is 1. The number of fused-ring (bicyclic) bond motifs is 1. The highest BCUT2D eigenvalue weighted by molar-refractivity contribution is 7.13. The number of hydrogen-bond donors (Lipinski definition) is 2. The van der Waals surface area contributed by atoms with Crippen molar-refractivity contribution < 1.29 is 4.79 Å². The first-order valence-corrected chi connectivity index (χ1v) is 9.16. The second-order valence-corrected chi connectivity index (χ2v) is 7.37. The first-order valence-electron chi connectivity index (χ1n) is 7.90. The van der Waals surface area contributed by atoms with Crippen LogP contribution in [0.15, 0.2) is 36.1 Å². The highest BCUT2D eigenvalue weighted by Gasteiger charge is 2.22. The Bertz CT molecular complexity index is 869. The molecule has 0 aliphatic carbocycles. The van der Waals surface area contributed by atoms with Crippen molar-refractivity contribution >= 4 is 50.7 Å². The predicted octanol–water partition coefficient (Wildman–Crippen LogP) is 4.21. The second-order valence-electron chi connectivity index (χ2n) is 6.04. The molecular formula is C17H18ClN5OS. The van der Waals surface area contributed by atoms with Crippen molar-refractivity contribution in [3.05, 3.63) is 41.1 Å². The molecule has 0 radical (unpaired) electrons. The number of anilines is 2. The monoisotopic (exact) mass is 375 g/mol. The van der Waals surface area contributed by atoms with Crippen LogP contribution < -0.4 is 10.6 Å². The summed E-state index contributed by atoms with van der Waals surface area (Å²) in [4.78, 5) is 25.3. The fraction of sp³-hybridized carbons (Fsp3) is 0.294. The Labute approximate surface area is 154 Å². The van der Waals surface area contributed by atoms with E-state index in [4.69, 9.17) is 11.6 Å². The number of nitrogens with one attached hydrogen (secondary N) is 2. The lowest BCUT2D eigenvalue weighted by atomic mass is 10.0. The molecular weight excluding hydrogens is 358 g/mol. The van der Waals surface area contributed by atoms with Crippen LogP contribution in [0.1, 0.15) is 20.3 Å². The van der Waals surface area contributed by atoms with Gasteiger partial charge in [-0.25, -0.2) is 15.0 Å². The number of thiazole rings is 1. The molecule has 2 N–H and O–H groups in total. The van der Waals surface area contributed by atoms with Crippen molar-refractivity contribution in [1.82, 2.24) is 15.0 Å². The van der Waals surface area contributed by atoms with E-state index in [9.17, 15) is 4.79 Å². The fourth-order valence-corrected chi connectivity index (χ4v) is 3.19. The molecule has 0 aliphatic rings. The molecule has 0 saturated heterocycles. The van der Waals surface area contributed by atoms with Crippen molar-refractivity contribution in [1.29, 1.82) is 0 Å². The SMILES string of the molecule is CC(C)C[C@@H](Nc1ncnc2cc(Cl)ccc12)C(=O)Nc1nccs1. The summed E-state index contributed by atoms with van der Waals surface area (Å²) >= 11 is 7.41. The predicted molar refractivity (Wildman–Crippen MR) is 102 cm³/mol. The third kappa shape index (κ3) is 4.43. The standard InChI is InChI=1S/C17H18ClN5OS/c1-10(2)7-14(16(24)23-17-19-5-6-25-17)22-15-12-4-3-11(18)8-13(12)20-9-21-15/h3-6,8-10,14H,7H2,1-2H3,(H,19,23,24)(H,20,21,22)/t14-/m1/s1. The summed E-state index contributed by atoms with van der Waals surface area (Å²) < 4.78 is 0. The van der Waals surface area contributed by atoms with Crippen molar-refractivity contribution in [2.24, 2.45) is 5.92 Å². The fourth-order valence-electron chi connectivity index (χ4n) is 2.49. The maximum Gasteiger partial charge on any atom is 0.248 e. The zero-order valence-electron chi connectivity index (χ0n) is 13.9. The Balaban J connectivity index is 1.86. The minimum absolute atomic E-state index is 0.135. The van der Waals surface area contributed by atoms with Gasteiger partial charge in [-0.2, -0.15) is 0 Å². The van der Waals surface area contributed by atoms with Gasteiger partial charge in [-0.05, 0) is 30.5 Å². The molecule has 8 heteroatoms. The van der Waals surface area contributed by atoms with Gasteiger partial charge in [-0.3, -0.25) is 4.79 Å². The summed E-state index contributed by atoms with van der Waals surface area (Å²) in [6.07, 6.45) is 3.79. The van der Waals surface area contributed by atoms with Gasteiger partial charge in [-0.1, -0.05) is 25.4 Å². The number of amides is 1. The van der Waals surface area contributed by atoms with Gasteiger partial charge in [0.1, 0.15) is 18.2 Å². The smallest absolute Gasteiger partial charge is 0.248 e. The summed E-state index contributed by atoms with van der Waals surface area (Å²) in [6, 6.07) is 4.98. The van der Waals surface area contributed by atoms with E-state index in [1.165, 1.54) is 17.7 Å². The maximum absolute atomic E-state index is 12.7. The summed E-state index contributed by atoms with van der Waals surface area (Å²) in [5.41, 5.74) is 0.730. The minimum Gasteiger partial charge on any atom is -0.358 e. The average molecular weight is 376 g/mol. The molecule has 2 aromatic heterocycles. The molecule has 3 aromatic rings. The van der Waals surface area contributed by atoms with Gasteiger partial charge in [0.15, 0.2) is 5.13 Å². The van der Waals surface area contributed by atoms with E-state index in [0.29, 0.717) is 28.3 Å². The van der Waals surface area contributed by atoms with Gasteiger partial charge in [0.25, 0.3) is 0 Å². The molecule has 25 heavy (non-hydrogen) atoms. The van der Waals surface area contributed by atoms with Crippen molar-refractivity contribution in [3.63, 3.8) is 0 Å². The third-order valence-electron chi connectivity index (χ3n) is 3.60. The van der Waals surface area contributed by atoms with Crippen LogP contribution in [0.25, 0.3) is 10.9 Å². The van der Waals surface area contributed by atoms with Crippen molar-refractivity contribution in [2.75, 3.05) is 10.6 Å². The van der Waals surface area contributed by atoms with Crippen molar-refractivity contribution in [2.45, 2.75) is 26.3 Å². The van der Waals surface area contributed by atoms with E-state index in [1.54, 1.807) is 18.3 Å². The molecule has 1 amide bonds. The van der Waals surface area contributed by atoms with Crippen LogP contribution in [0.3, 0.4) is 0 Å². The minimum atomic E-state index is -0.433. The molecule has 3 rings (SSSR count). The Morgan fingerprint density at radius 1 is 1.28 bits per heavy atom. The van der Waals surface area contributed by atoms with E-state index in [-0.39, 0.29) is 5.91 Å². The highest BCUT2D eigenvalue weighted by atomic mass is 35.5. The maximum atomic E-state index is 12.7. The molecule has 1 atom stereocenters. The number of benzene rings is 1. The summed E-state index contributed by atoms with van der Waals surface area (Å²) in [5.74, 6) is 0.813. The molecule has 2 heterocycles. The van der Waals surface area contributed by atoms with Gasteiger partial charge in [0.2, 0.25) is 5.91 Å². The number of hydrogen-bond acceptors (Lipinski definition) is 6. The molecule has 0 fully saturated rings. The highest BCUT2D eigenvalue weighted by Crippen LogP contribution is 2.24. The van der Waals surface area contributed by atoms with Gasteiger partial charge < -0.3 is 10.6 Å². The van der Waals surface area contributed by atoms with E-state index in [0.717, 1.165) is 10.9 Å².